The van der Waals surface area contributed by atoms with Crippen molar-refractivity contribution in [2.45, 2.75) is 20.2 Å². The molecule has 3 aromatic rings. The maximum Gasteiger partial charge on any atom is 0.573 e. The fourth-order valence-corrected chi connectivity index (χ4v) is 2.41. The number of alkyl halides is 3. The zero-order chi connectivity index (χ0) is 20.3. The summed E-state index contributed by atoms with van der Waals surface area (Å²) in [6.45, 7) is 3.72. The van der Waals surface area contributed by atoms with Crippen LogP contribution in [0.3, 0.4) is 0 Å². The van der Waals surface area contributed by atoms with Crippen molar-refractivity contribution in [3.63, 3.8) is 0 Å². The van der Waals surface area contributed by atoms with E-state index in [9.17, 15) is 18.0 Å². The van der Waals surface area contributed by atoms with Crippen LogP contribution in [0.2, 0.25) is 0 Å². The molecule has 0 bridgehead atoms. The predicted octanol–water partition coefficient (Wildman–Crippen LogP) is 3.82. The van der Waals surface area contributed by atoms with Crippen molar-refractivity contribution in [3.8, 4) is 11.6 Å². The van der Waals surface area contributed by atoms with E-state index < -0.39 is 12.4 Å². The Morgan fingerprint density at radius 3 is 2.39 bits per heavy atom. The first-order chi connectivity index (χ1) is 13.2. The number of benzene rings is 1. The van der Waals surface area contributed by atoms with Gasteiger partial charge in [-0.3, -0.25) is 5.32 Å². The molecule has 2 heterocycles. The Morgan fingerprint density at radius 1 is 1.07 bits per heavy atom. The number of ether oxygens (including phenoxy) is 1. The van der Waals surface area contributed by atoms with Gasteiger partial charge in [-0.2, -0.15) is 5.10 Å². The van der Waals surface area contributed by atoms with Crippen LogP contribution in [0.5, 0.6) is 5.75 Å². The van der Waals surface area contributed by atoms with Gasteiger partial charge in [0.05, 0.1) is 5.69 Å². The Hall–Kier alpha value is -3.63. The first-order valence-corrected chi connectivity index (χ1v) is 7.99. The van der Waals surface area contributed by atoms with Crippen LogP contribution >= 0.6 is 0 Å². The number of nitrogens with zero attached hydrogens (tertiary/aromatic N) is 4. The molecular weight excluding hydrogens is 377 g/mol. The molecule has 11 heteroatoms. The van der Waals surface area contributed by atoms with E-state index in [0.29, 0.717) is 5.82 Å². The van der Waals surface area contributed by atoms with Gasteiger partial charge in [0, 0.05) is 17.4 Å². The van der Waals surface area contributed by atoms with Gasteiger partial charge in [0.15, 0.2) is 5.82 Å². The number of carbonyl (C=O) groups excluding carboxylic acids is 1. The number of aromatic nitrogens is 4. The Labute approximate surface area is 157 Å². The highest BCUT2D eigenvalue weighted by Gasteiger charge is 2.30. The summed E-state index contributed by atoms with van der Waals surface area (Å²) in [5, 5.41) is 9.32. The second kappa shape index (κ2) is 7.55. The summed E-state index contributed by atoms with van der Waals surface area (Å²) >= 11 is 0. The van der Waals surface area contributed by atoms with Crippen LogP contribution in [0, 0.1) is 13.8 Å². The number of carbonyl (C=O) groups is 1. The fraction of sp³-hybridized carbons (Fsp3) is 0.176. The number of urea groups is 1. The minimum Gasteiger partial charge on any atom is -0.406 e. The van der Waals surface area contributed by atoms with Gasteiger partial charge in [0.25, 0.3) is 0 Å². The van der Waals surface area contributed by atoms with E-state index in [0.717, 1.165) is 23.5 Å². The number of hydrogen-bond acceptors (Lipinski definition) is 5. The van der Waals surface area contributed by atoms with Crippen LogP contribution < -0.4 is 15.4 Å². The summed E-state index contributed by atoms with van der Waals surface area (Å²) in [7, 11) is 0. The van der Waals surface area contributed by atoms with Gasteiger partial charge in [0.1, 0.15) is 17.9 Å². The second-order valence-electron chi connectivity index (χ2n) is 5.75. The molecule has 0 radical (unpaired) electrons. The number of aryl methyl sites for hydroxylation is 2. The Bertz CT molecular complexity index is 985. The molecule has 0 unspecified atom stereocenters. The highest BCUT2D eigenvalue weighted by atomic mass is 19.4. The maximum absolute atomic E-state index is 12.2. The average molecular weight is 392 g/mol. The Kier molecular flexibility index (Phi) is 5.16. The van der Waals surface area contributed by atoms with Crippen molar-refractivity contribution in [3.05, 3.63) is 54.1 Å². The molecule has 0 spiro atoms. The van der Waals surface area contributed by atoms with Crippen molar-refractivity contribution >= 4 is 17.5 Å². The lowest BCUT2D eigenvalue weighted by molar-refractivity contribution is -0.274. The molecule has 2 amide bonds. The van der Waals surface area contributed by atoms with Crippen LogP contribution in [0.25, 0.3) is 5.82 Å². The molecule has 0 aliphatic carbocycles. The summed E-state index contributed by atoms with van der Waals surface area (Å²) in [5.41, 5.74) is 1.97. The highest BCUT2D eigenvalue weighted by molar-refractivity contribution is 5.99. The molecule has 0 aliphatic heterocycles. The van der Waals surface area contributed by atoms with Crippen molar-refractivity contribution < 1.29 is 22.7 Å². The largest absolute Gasteiger partial charge is 0.573 e. The van der Waals surface area contributed by atoms with Crippen LogP contribution in [0.15, 0.2) is 42.7 Å². The van der Waals surface area contributed by atoms with E-state index in [2.05, 4.69) is 30.4 Å². The molecule has 0 saturated heterocycles. The lowest BCUT2D eigenvalue weighted by Crippen LogP contribution is -2.20. The minimum atomic E-state index is -4.78. The van der Waals surface area contributed by atoms with Gasteiger partial charge in [0.2, 0.25) is 0 Å². The molecule has 0 saturated carbocycles. The van der Waals surface area contributed by atoms with E-state index in [4.69, 9.17) is 0 Å². The molecule has 28 heavy (non-hydrogen) atoms. The minimum absolute atomic E-state index is 0.229. The molecule has 2 N–H and O–H groups in total. The van der Waals surface area contributed by atoms with E-state index >= 15 is 0 Å². The van der Waals surface area contributed by atoms with Crippen LogP contribution in [-0.2, 0) is 0 Å². The molecule has 2 aromatic heterocycles. The topological polar surface area (TPSA) is 94.0 Å². The molecule has 146 valence electrons. The van der Waals surface area contributed by atoms with Crippen molar-refractivity contribution in [1.29, 1.82) is 0 Å². The zero-order valence-electron chi connectivity index (χ0n) is 14.8. The third-order valence-corrected chi connectivity index (χ3v) is 3.47. The van der Waals surface area contributed by atoms with Crippen LogP contribution in [0.1, 0.15) is 11.4 Å². The lowest BCUT2D eigenvalue weighted by Gasteiger charge is -2.10. The number of hydrogen-bond donors (Lipinski definition) is 2. The molecule has 3 rings (SSSR count). The third kappa shape index (κ3) is 4.96. The van der Waals surface area contributed by atoms with E-state index in [1.54, 1.807) is 10.7 Å². The van der Waals surface area contributed by atoms with Gasteiger partial charge in [-0.25, -0.2) is 19.4 Å². The summed E-state index contributed by atoms with van der Waals surface area (Å²) < 4.78 is 41.8. The van der Waals surface area contributed by atoms with Gasteiger partial charge < -0.3 is 10.1 Å². The fourth-order valence-electron chi connectivity index (χ4n) is 2.41. The number of halogens is 3. The zero-order valence-corrected chi connectivity index (χ0v) is 14.8. The quantitative estimate of drug-likeness (QED) is 0.704. The molecule has 8 nitrogen and oxygen atoms in total. The number of rotatable bonds is 4. The number of nitrogens with one attached hydrogen (secondary N) is 2. The molecule has 0 atom stereocenters. The molecule has 0 aliphatic rings. The maximum atomic E-state index is 12.2. The normalized spacial score (nSPS) is 11.2. The Balaban J connectivity index is 1.65. The molecular formula is C17H15F3N6O2. The van der Waals surface area contributed by atoms with Crippen molar-refractivity contribution in [2.75, 3.05) is 10.6 Å². The predicted molar refractivity (Wildman–Crippen MR) is 94.4 cm³/mol. The Morgan fingerprint density at radius 2 is 1.79 bits per heavy atom. The lowest BCUT2D eigenvalue weighted by atomic mass is 10.3. The first kappa shape index (κ1) is 19.1. The third-order valence-electron chi connectivity index (χ3n) is 3.47. The van der Waals surface area contributed by atoms with E-state index in [1.165, 1.54) is 18.5 Å². The van der Waals surface area contributed by atoms with Crippen LogP contribution in [-0.4, -0.2) is 32.1 Å². The number of anilines is 2. The van der Waals surface area contributed by atoms with Gasteiger partial charge in [-0.15, -0.1) is 13.2 Å². The standard InChI is InChI=1S/C17H15F3N6O2/c1-10-7-11(2)26(25-10)15-8-14(21-9-22-15)24-16(27)23-12-3-5-13(6-4-12)28-17(18,19)20/h3-9H,1-2H3,(H2,21,22,23,24,27). The highest BCUT2D eigenvalue weighted by Crippen LogP contribution is 2.24. The van der Waals surface area contributed by atoms with Gasteiger partial charge >= 0.3 is 12.4 Å². The summed E-state index contributed by atoms with van der Waals surface area (Å²) in [6, 6.07) is 7.54. The smallest absolute Gasteiger partial charge is 0.406 e. The average Bonchev–Trinajstić information content (AvgIpc) is 2.94. The van der Waals surface area contributed by atoms with Crippen molar-refractivity contribution in [1.82, 2.24) is 19.7 Å². The number of amides is 2. The van der Waals surface area contributed by atoms with Crippen LogP contribution in [0.4, 0.5) is 29.5 Å². The second-order valence-corrected chi connectivity index (χ2v) is 5.75. The monoisotopic (exact) mass is 392 g/mol. The molecule has 1 aromatic carbocycles. The van der Waals surface area contributed by atoms with Gasteiger partial charge in [-0.05, 0) is 44.2 Å². The summed E-state index contributed by atoms with van der Waals surface area (Å²) in [4.78, 5) is 20.2. The van der Waals surface area contributed by atoms with Crippen molar-refractivity contribution in [2.24, 2.45) is 0 Å². The SMILES string of the molecule is Cc1cc(C)n(-c2cc(NC(=O)Nc3ccc(OC(F)(F)F)cc3)ncn2)n1. The first-order valence-electron chi connectivity index (χ1n) is 7.99. The summed E-state index contributed by atoms with van der Waals surface area (Å²) in [5.74, 6) is 0.320. The van der Waals surface area contributed by atoms with Gasteiger partial charge in [-0.1, -0.05) is 0 Å². The molecule has 0 fully saturated rings. The van der Waals surface area contributed by atoms with E-state index in [1.807, 2.05) is 19.9 Å². The summed E-state index contributed by atoms with van der Waals surface area (Å²) in [6.07, 6.45) is -3.49. The van der Waals surface area contributed by atoms with E-state index in [-0.39, 0.29) is 17.3 Å².